The van der Waals surface area contributed by atoms with E-state index >= 15 is 0 Å². The summed E-state index contributed by atoms with van der Waals surface area (Å²) in [4.78, 5) is 0. The van der Waals surface area contributed by atoms with E-state index in [4.69, 9.17) is 0 Å². The Morgan fingerprint density at radius 2 is 1.92 bits per heavy atom. The third kappa shape index (κ3) is 1.85. The van der Waals surface area contributed by atoms with Gasteiger partial charge in [0.05, 0.1) is 0 Å². The molecule has 2 heteroatoms. The average molecular weight is 170 g/mol. The lowest BCUT2D eigenvalue weighted by atomic mass is 10.1. The molecule has 1 aliphatic rings. The zero-order valence-electron chi connectivity index (χ0n) is 7.14. The van der Waals surface area contributed by atoms with Gasteiger partial charge < -0.3 is 0 Å². The summed E-state index contributed by atoms with van der Waals surface area (Å²) in [5.41, 5.74) is 5.15. The summed E-state index contributed by atoms with van der Waals surface area (Å²) < 4.78 is 0. The van der Waals surface area contributed by atoms with E-state index in [1.54, 1.807) is 6.21 Å². The van der Waals surface area contributed by atoms with E-state index in [-0.39, 0.29) is 0 Å². The zero-order chi connectivity index (χ0) is 8.93. The van der Waals surface area contributed by atoms with Crippen LogP contribution in [0.1, 0.15) is 5.56 Å². The summed E-state index contributed by atoms with van der Waals surface area (Å²) in [6, 6.07) is 10.2. The van der Waals surface area contributed by atoms with E-state index in [1.807, 2.05) is 36.6 Å². The maximum absolute atomic E-state index is 3.91. The summed E-state index contributed by atoms with van der Waals surface area (Å²) in [6.45, 7) is 0. The minimum Gasteiger partial charge on any atom is -0.286 e. The SMILES string of the molecule is C1=CC(c2ccccc2)=CC=NN1. The predicted molar refractivity (Wildman–Crippen MR) is 55.2 cm³/mol. The fourth-order valence-corrected chi connectivity index (χ4v) is 1.21. The second kappa shape index (κ2) is 3.72. The summed E-state index contributed by atoms with van der Waals surface area (Å²) >= 11 is 0. The van der Waals surface area contributed by atoms with Gasteiger partial charge in [-0.1, -0.05) is 30.3 Å². The number of benzene rings is 1. The summed E-state index contributed by atoms with van der Waals surface area (Å²) in [5.74, 6) is 0. The molecule has 1 N–H and O–H groups in total. The molecule has 13 heavy (non-hydrogen) atoms. The van der Waals surface area contributed by atoms with Gasteiger partial charge in [-0.2, -0.15) is 5.10 Å². The Kier molecular flexibility index (Phi) is 2.23. The van der Waals surface area contributed by atoms with Crippen LogP contribution in [0.15, 0.2) is 53.8 Å². The molecule has 0 spiro atoms. The lowest BCUT2D eigenvalue weighted by Gasteiger charge is -1.98. The summed E-state index contributed by atoms with van der Waals surface area (Å²) in [6.07, 6.45) is 7.55. The highest BCUT2D eigenvalue weighted by molar-refractivity contribution is 5.88. The van der Waals surface area contributed by atoms with Crippen LogP contribution in [-0.4, -0.2) is 6.21 Å². The third-order valence-corrected chi connectivity index (χ3v) is 1.85. The number of nitrogens with zero attached hydrogens (tertiary/aromatic N) is 1. The lowest BCUT2D eigenvalue weighted by molar-refractivity contribution is 0.980. The predicted octanol–water partition coefficient (Wildman–Crippen LogP) is 2.17. The quantitative estimate of drug-likeness (QED) is 0.686. The number of hydrazone groups is 1. The molecule has 0 bridgehead atoms. The van der Waals surface area contributed by atoms with Gasteiger partial charge in [0.1, 0.15) is 0 Å². The van der Waals surface area contributed by atoms with Gasteiger partial charge in [0.25, 0.3) is 0 Å². The van der Waals surface area contributed by atoms with E-state index < -0.39 is 0 Å². The van der Waals surface area contributed by atoms with Crippen LogP contribution in [0.2, 0.25) is 0 Å². The van der Waals surface area contributed by atoms with Crippen molar-refractivity contribution in [1.82, 2.24) is 5.43 Å². The van der Waals surface area contributed by atoms with Crippen molar-refractivity contribution in [1.29, 1.82) is 0 Å². The highest BCUT2D eigenvalue weighted by atomic mass is 15.3. The van der Waals surface area contributed by atoms with Crippen molar-refractivity contribution < 1.29 is 0 Å². The maximum atomic E-state index is 3.91. The van der Waals surface area contributed by atoms with Crippen molar-refractivity contribution >= 4 is 11.8 Å². The van der Waals surface area contributed by atoms with Crippen LogP contribution in [0.25, 0.3) is 5.57 Å². The molecule has 1 aromatic carbocycles. The first-order valence-corrected chi connectivity index (χ1v) is 4.18. The van der Waals surface area contributed by atoms with Gasteiger partial charge in [0.2, 0.25) is 0 Å². The number of rotatable bonds is 1. The van der Waals surface area contributed by atoms with E-state index in [9.17, 15) is 0 Å². The van der Waals surface area contributed by atoms with Crippen molar-refractivity contribution in [2.75, 3.05) is 0 Å². The number of hydrogen-bond acceptors (Lipinski definition) is 2. The molecule has 1 aromatic rings. The zero-order valence-corrected chi connectivity index (χ0v) is 7.14. The molecular weight excluding hydrogens is 160 g/mol. The van der Waals surface area contributed by atoms with Crippen molar-refractivity contribution in [3.8, 4) is 0 Å². The molecule has 0 aromatic heterocycles. The fourth-order valence-electron chi connectivity index (χ4n) is 1.21. The van der Waals surface area contributed by atoms with Crippen LogP contribution < -0.4 is 5.43 Å². The molecular formula is C11H10N2. The van der Waals surface area contributed by atoms with E-state index in [0.29, 0.717) is 0 Å². The Morgan fingerprint density at radius 1 is 1.08 bits per heavy atom. The van der Waals surface area contributed by atoms with Crippen LogP contribution in [0.5, 0.6) is 0 Å². The molecule has 2 nitrogen and oxygen atoms in total. The molecule has 1 heterocycles. The first kappa shape index (κ1) is 7.80. The highest BCUT2D eigenvalue weighted by Crippen LogP contribution is 2.14. The number of hydrogen-bond donors (Lipinski definition) is 1. The molecule has 0 saturated carbocycles. The van der Waals surface area contributed by atoms with Gasteiger partial charge >= 0.3 is 0 Å². The summed E-state index contributed by atoms with van der Waals surface area (Å²) in [7, 11) is 0. The molecule has 0 unspecified atom stereocenters. The first-order chi connectivity index (χ1) is 6.47. The molecule has 0 fully saturated rings. The Morgan fingerprint density at radius 3 is 2.77 bits per heavy atom. The van der Waals surface area contributed by atoms with Crippen LogP contribution in [-0.2, 0) is 0 Å². The monoisotopic (exact) mass is 170 g/mol. The molecule has 1 aliphatic heterocycles. The van der Waals surface area contributed by atoms with Crippen LogP contribution in [0.3, 0.4) is 0 Å². The van der Waals surface area contributed by atoms with E-state index in [1.165, 1.54) is 5.56 Å². The summed E-state index contributed by atoms with van der Waals surface area (Å²) in [5, 5.41) is 3.91. The van der Waals surface area contributed by atoms with E-state index in [0.717, 1.165) is 5.57 Å². The van der Waals surface area contributed by atoms with Gasteiger partial charge in [0, 0.05) is 12.4 Å². The fraction of sp³-hybridized carbons (Fsp3) is 0. The van der Waals surface area contributed by atoms with Gasteiger partial charge in [-0.25, -0.2) is 0 Å². The van der Waals surface area contributed by atoms with Crippen LogP contribution in [0, 0.1) is 0 Å². The van der Waals surface area contributed by atoms with Crippen molar-refractivity contribution in [3.05, 3.63) is 54.2 Å². The maximum Gasteiger partial charge on any atom is 0.0478 e. The Bertz CT molecular complexity index is 361. The van der Waals surface area contributed by atoms with Gasteiger partial charge in [-0.05, 0) is 23.3 Å². The Hall–Kier alpha value is -1.83. The molecule has 0 saturated heterocycles. The van der Waals surface area contributed by atoms with Crippen LogP contribution >= 0.6 is 0 Å². The van der Waals surface area contributed by atoms with Crippen molar-refractivity contribution in [2.24, 2.45) is 5.10 Å². The second-order valence-corrected chi connectivity index (χ2v) is 2.73. The standard InChI is InChI=1S/C11H10N2/c1-2-4-10(5-3-1)11-6-8-12-13-9-7-11/h1-9,12H. The third-order valence-electron chi connectivity index (χ3n) is 1.85. The molecule has 0 aliphatic carbocycles. The minimum absolute atomic E-state index is 1.16. The Labute approximate surface area is 77.3 Å². The van der Waals surface area contributed by atoms with Crippen molar-refractivity contribution in [2.45, 2.75) is 0 Å². The smallest absolute Gasteiger partial charge is 0.0478 e. The van der Waals surface area contributed by atoms with Crippen LogP contribution in [0.4, 0.5) is 0 Å². The lowest BCUT2D eigenvalue weighted by Crippen LogP contribution is -1.89. The first-order valence-electron chi connectivity index (χ1n) is 4.18. The molecule has 2 rings (SSSR count). The van der Waals surface area contributed by atoms with Crippen molar-refractivity contribution in [3.63, 3.8) is 0 Å². The minimum atomic E-state index is 1.16. The Balaban J connectivity index is 2.36. The molecule has 0 atom stereocenters. The van der Waals surface area contributed by atoms with E-state index in [2.05, 4.69) is 22.7 Å². The topological polar surface area (TPSA) is 24.4 Å². The largest absolute Gasteiger partial charge is 0.286 e. The van der Waals surface area contributed by atoms with Gasteiger partial charge in [-0.15, -0.1) is 0 Å². The average Bonchev–Trinajstić information content (AvgIpc) is 2.47. The normalized spacial score (nSPS) is 14.6. The second-order valence-electron chi connectivity index (χ2n) is 2.73. The molecule has 0 amide bonds. The molecule has 64 valence electrons. The van der Waals surface area contributed by atoms with Gasteiger partial charge in [-0.3, -0.25) is 5.43 Å². The number of allylic oxidation sites excluding steroid dienone is 3. The van der Waals surface area contributed by atoms with Gasteiger partial charge in [0.15, 0.2) is 0 Å². The number of nitrogens with one attached hydrogen (secondary N) is 1. The highest BCUT2D eigenvalue weighted by Gasteiger charge is 1.95. The molecule has 0 radical (unpaired) electrons.